The Bertz CT molecular complexity index is 583. The van der Waals surface area contributed by atoms with Gasteiger partial charge in [-0.1, -0.05) is 6.07 Å². The van der Waals surface area contributed by atoms with Crippen molar-refractivity contribution in [3.8, 4) is 5.75 Å². The molecular formula is C19H30BNO4. The molecule has 0 amide bonds. The first-order chi connectivity index (χ1) is 11.8. The van der Waals surface area contributed by atoms with Crippen molar-refractivity contribution in [2.45, 2.75) is 45.8 Å². The number of hydrogen-bond acceptors (Lipinski definition) is 5. The summed E-state index contributed by atoms with van der Waals surface area (Å²) in [6, 6.07) is 6.13. The van der Waals surface area contributed by atoms with E-state index in [1.165, 1.54) is 0 Å². The number of rotatable bonds is 5. The van der Waals surface area contributed by atoms with E-state index in [0.717, 1.165) is 49.6 Å². The zero-order valence-electron chi connectivity index (χ0n) is 16.1. The Balaban J connectivity index is 1.58. The fourth-order valence-electron chi connectivity index (χ4n) is 3.09. The van der Waals surface area contributed by atoms with Crippen LogP contribution in [0.2, 0.25) is 0 Å². The largest absolute Gasteiger partial charge is 0.495 e. The minimum Gasteiger partial charge on any atom is -0.492 e. The van der Waals surface area contributed by atoms with Gasteiger partial charge in [-0.3, -0.25) is 4.90 Å². The van der Waals surface area contributed by atoms with Crippen molar-refractivity contribution < 1.29 is 18.8 Å². The summed E-state index contributed by atoms with van der Waals surface area (Å²) >= 11 is 0. The highest BCUT2D eigenvalue weighted by Crippen LogP contribution is 2.36. The quantitative estimate of drug-likeness (QED) is 0.762. The van der Waals surface area contributed by atoms with Gasteiger partial charge in [0.05, 0.1) is 24.4 Å². The lowest BCUT2D eigenvalue weighted by Gasteiger charge is -2.32. The molecule has 0 bridgehead atoms. The molecule has 3 rings (SSSR count). The van der Waals surface area contributed by atoms with Gasteiger partial charge in [-0.25, -0.2) is 0 Å². The summed E-state index contributed by atoms with van der Waals surface area (Å²) in [6.07, 6.45) is 0. The second-order valence-electron chi connectivity index (χ2n) is 7.91. The van der Waals surface area contributed by atoms with E-state index in [1.54, 1.807) is 0 Å². The average Bonchev–Trinajstić information content (AvgIpc) is 2.76. The van der Waals surface area contributed by atoms with Crippen LogP contribution in [0, 0.1) is 6.92 Å². The molecule has 0 radical (unpaired) electrons. The number of morpholine rings is 1. The van der Waals surface area contributed by atoms with Gasteiger partial charge in [-0.05, 0) is 57.8 Å². The summed E-state index contributed by atoms with van der Waals surface area (Å²) in [5.41, 5.74) is 1.55. The van der Waals surface area contributed by atoms with Gasteiger partial charge >= 0.3 is 7.12 Å². The van der Waals surface area contributed by atoms with Crippen LogP contribution in [0.1, 0.15) is 33.3 Å². The van der Waals surface area contributed by atoms with Crippen LogP contribution < -0.4 is 10.2 Å². The summed E-state index contributed by atoms with van der Waals surface area (Å²) in [6.45, 7) is 15.6. The first-order valence-corrected chi connectivity index (χ1v) is 9.18. The molecular weight excluding hydrogens is 317 g/mol. The predicted octanol–water partition coefficient (Wildman–Crippen LogP) is 2.01. The van der Waals surface area contributed by atoms with Crippen LogP contribution in [-0.4, -0.2) is 62.7 Å². The zero-order chi connectivity index (χ0) is 18.1. The molecule has 2 saturated heterocycles. The fraction of sp³-hybridized carbons (Fsp3) is 0.684. The molecule has 2 fully saturated rings. The summed E-state index contributed by atoms with van der Waals surface area (Å²) < 4.78 is 23.6. The van der Waals surface area contributed by atoms with Gasteiger partial charge in [0.25, 0.3) is 0 Å². The molecule has 138 valence electrons. The van der Waals surface area contributed by atoms with Gasteiger partial charge in [0.2, 0.25) is 0 Å². The number of aryl methyl sites for hydroxylation is 1. The Labute approximate surface area is 151 Å². The van der Waals surface area contributed by atoms with Crippen LogP contribution in [0.5, 0.6) is 5.75 Å². The molecule has 5 nitrogen and oxygen atoms in total. The zero-order valence-corrected chi connectivity index (χ0v) is 16.1. The van der Waals surface area contributed by atoms with E-state index in [-0.39, 0.29) is 18.3 Å². The first-order valence-electron chi connectivity index (χ1n) is 9.18. The molecule has 0 N–H and O–H groups in total. The summed E-state index contributed by atoms with van der Waals surface area (Å²) in [5.74, 6) is 0.894. The van der Waals surface area contributed by atoms with Crippen LogP contribution in [0.15, 0.2) is 18.2 Å². The summed E-state index contributed by atoms with van der Waals surface area (Å²) in [5, 5.41) is 0. The summed E-state index contributed by atoms with van der Waals surface area (Å²) in [7, 11) is -0.326. The standard InChI is InChI=1S/C19H30BNO4/c1-15-14-16(23-13-10-21-8-11-22-12-9-21)6-7-17(15)20-24-18(2,3)19(4,5)25-20/h6-7,14H,8-13H2,1-5H3. The van der Waals surface area contributed by atoms with E-state index in [9.17, 15) is 0 Å². The predicted molar refractivity (Wildman–Crippen MR) is 99.6 cm³/mol. The van der Waals surface area contributed by atoms with E-state index < -0.39 is 0 Å². The topological polar surface area (TPSA) is 40.2 Å². The lowest BCUT2D eigenvalue weighted by molar-refractivity contribution is 0.00578. The van der Waals surface area contributed by atoms with Crippen molar-refractivity contribution in [2.75, 3.05) is 39.5 Å². The number of ether oxygens (including phenoxy) is 2. The van der Waals surface area contributed by atoms with E-state index in [1.807, 2.05) is 6.07 Å². The normalized spacial score (nSPS) is 23.0. The highest BCUT2D eigenvalue weighted by Gasteiger charge is 2.52. The van der Waals surface area contributed by atoms with E-state index in [4.69, 9.17) is 18.8 Å². The maximum absolute atomic E-state index is 6.15. The number of benzene rings is 1. The van der Waals surface area contributed by atoms with Gasteiger partial charge in [-0.2, -0.15) is 0 Å². The third kappa shape index (κ3) is 4.19. The number of nitrogens with zero attached hydrogens (tertiary/aromatic N) is 1. The van der Waals surface area contributed by atoms with Gasteiger partial charge in [0.15, 0.2) is 0 Å². The minimum atomic E-state index is -0.326. The monoisotopic (exact) mass is 347 g/mol. The van der Waals surface area contributed by atoms with Crippen molar-refractivity contribution >= 4 is 12.6 Å². The molecule has 25 heavy (non-hydrogen) atoms. The highest BCUT2D eigenvalue weighted by atomic mass is 16.7. The van der Waals surface area contributed by atoms with Crippen LogP contribution in [0.3, 0.4) is 0 Å². The lowest BCUT2D eigenvalue weighted by atomic mass is 9.76. The highest BCUT2D eigenvalue weighted by molar-refractivity contribution is 6.62. The van der Waals surface area contributed by atoms with E-state index >= 15 is 0 Å². The third-order valence-electron chi connectivity index (χ3n) is 5.53. The molecule has 0 saturated carbocycles. The maximum Gasteiger partial charge on any atom is 0.495 e. The first kappa shape index (κ1) is 18.7. The molecule has 0 unspecified atom stereocenters. The van der Waals surface area contributed by atoms with Crippen LogP contribution in [0.4, 0.5) is 0 Å². The van der Waals surface area contributed by atoms with Crippen molar-refractivity contribution in [1.29, 1.82) is 0 Å². The molecule has 1 aromatic rings. The van der Waals surface area contributed by atoms with Crippen molar-refractivity contribution in [1.82, 2.24) is 4.90 Å². The second kappa shape index (κ2) is 7.27. The molecule has 2 aliphatic rings. The molecule has 0 atom stereocenters. The SMILES string of the molecule is Cc1cc(OCCN2CCOCC2)ccc1B1OC(C)(C)C(C)(C)O1. The van der Waals surface area contributed by atoms with Crippen molar-refractivity contribution in [3.63, 3.8) is 0 Å². The van der Waals surface area contributed by atoms with Crippen molar-refractivity contribution in [3.05, 3.63) is 23.8 Å². The molecule has 2 aliphatic heterocycles. The van der Waals surface area contributed by atoms with Crippen molar-refractivity contribution in [2.24, 2.45) is 0 Å². The molecule has 6 heteroatoms. The Morgan fingerprint density at radius 2 is 1.72 bits per heavy atom. The van der Waals surface area contributed by atoms with Gasteiger partial charge in [0, 0.05) is 19.6 Å². The van der Waals surface area contributed by atoms with Crippen LogP contribution in [0.25, 0.3) is 0 Å². The Kier molecular flexibility index (Phi) is 5.44. The smallest absolute Gasteiger partial charge is 0.492 e. The molecule has 1 aromatic carbocycles. The number of hydrogen-bond donors (Lipinski definition) is 0. The second-order valence-corrected chi connectivity index (χ2v) is 7.91. The molecule has 0 aromatic heterocycles. The average molecular weight is 347 g/mol. The Morgan fingerprint density at radius 3 is 2.32 bits per heavy atom. The third-order valence-corrected chi connectivity index (χ3v) is 5.53. The van der Waals surface area contributed by atoms with Crippen LogP contribution in [-0.2, 0) is 14.0 Å². The van der Waals surface area contributed by atoms with Gasteiger partial charge < -0.3 is 18.8 Å². The van der Waals surface area contributed by atoms with Crippen LogP contribution >= 0.6 is 0 Å². The molecule has 0 aliphatic carbocycles. The van der Waals surface area contributed by atoms with Gasteiger partial charge in [0.1, 0.15) is 12.4 Å². The summed E-state index contributed by atoms with van der Waals surface area (Å²) in [4.78, 5) is 2.37. The molecule has 2 heterocycles. The fourth-order valence-corrected chi connectivity index (χ4v) is 3.09. The Morgan fingerprint density at radius 1 is 1.08 bits per heavy atom. The lowest BCUT2D eigenvalue weighted by Crippen LogP contribution is -2.41. The Hall–Kier alpha value is -1.08. The van der Waals surface area contributed by atoms with Gasteiger partial charge in [-0.15, -0.1) is 0 Å². The van der Waals surface area contributed by atoms with E-state index in [2.05, 4.69) is 51.7 Å². The minimum absolute atomic E-state index is 0.322. The van der Waals surface area contributed by atoms with E-state index in [0.29, 0.717) is 6.61 Å². The maximum atomic E-state index is 6.15. The molecule has 0 spiro atoms.